The highest BCUT2D eigenvalue weighted by atomic mass is 16.5. The molecule has 0 aliphatic carbocycles. The molecule has 1 fully saturated rings. The molecule has 2 aromatic carbocycles. The van der Waals surface area contributed by atoms with E-state index in [0.29, 0.717) is 18.6 Å². The van der Waals surface area contributed by atoms with Crippen LogP contribution in [0.1, 0.15) is 30.0 Å². The molecule has 0 bridgehead atoms. The molecule has 1 aliphatic rings. The number of hydrogen-bond acceptors (Lipinski definition) is 4. The lowest BCUT2D eigenvalue weighted by Crippen LogP contribution is -2.49. The maximum Gasteiger partial charge on any atom is 0.123 e. The maximum absolute atomic E-state index is 5.87. The molecule has 1 heterocycles. The summed E-state index contributed by atoms with van der Waals surface area (Å²) in [6.07, 6.45) is 2.38. The molecule has 134 valence electrons. The molecular weight excluding hydrogens is 310 g/mol. The maximum atomic E-state index is 5.87. The van der Waals surface area contributed by atoms with Gasteiger partial charge in [0.05, 0.1) is 13.2 Å². The number of nitrogens with one attached hydrogen (secondary N) is 1. The summed E-state index contributed by atoms with van der Waals surface area (Å²) in [5.74, 6) is 0.945. The number of piperidine rings is 1. The first-order valence-electron chi connectivity index (χ1n) is 9.18. The zero-order valence-electron chi connectivity index (χ0n) is 15.0. The summed E-state index contributed by atoms with van der Waals surface area (Å²) in [6, 6.07) is 19.8. The summed E-state index contributed by atoms with van der Waals surface area (Å²) in [6.45, 7) is 3.56. The van der Waals surface area contributed by atoms with E-state index in [4.69, 9.17) is 10.5 Å². The van der Waals surface area contributed by atoms with Crippen molar-refractivity contribution >= 4 is 0 Å². The van der Waals surface area contributed by atoms with Crippen molar-refractivity contribution in [2.24, 2.45) is 5.73 Å². The number of rotatable bonds is 7. The summed E-state index contributed by atoms with van der Waals surface area (Å²) in [5.41, 5.74) is 8.44. The molecule has 4 nitrogen and oxygen atoms in total. The molecule has 0 saturated carbocycles. The number of methoxy groups -OCH3 is 1. The second-order valence-electron chi connectivity index (χ2n) is 6.62. The van der Waals surface area contributed by atoms with Crippen molar-refractivity contribution in [2.75, 3.05) is 26.7 Å². The van der Waals surface area contributed by atoms with Crippen molar-refractivity contribution in [3.63, 3.8) is 0 Å². The fourth-order valence-corrected chi connectivity index (χ4v) is 3.88. The van der Waals surface area contributed by atoms with Crippen LogP contribution in [0.15, 0.2) is 54.6 Å². The van der Waals surface area contributed by atoms with Gasteiger partial charge in [0.2, 0.25) is 0 Å². The van der Waals surface area contributed by atoms with Crippen LogP contribution in [0.4, 0.5) is 0 Å². The lowest BCUT2D eigenvalue weighted by Gasteiger charge is -2.42. The summed E-state index contributed by atoms with van der Waals surface area (Å²) in [4.78, 5) is 2.53. The zero-order valence-corrected chi connectivity index (χ0v) is 15.0. The molecule has 2 atom stereocenters. The first-order chi connectivity index (χ1) is 12.3. The van der Waals surface area contributed by atoms with Crippen molar-refractivity contribution in [1.29, 1.82) is 0 Å². The second kappa shape index (κ2) is 8.99. The van der Waals surface area contributed by atoms with E-state index in [1.807, 2.05) is 12.1 Å². The van der Waals surface area contributed by atoms with Gasteiger partial charge in [-0.05, 0) is 31.0 Å². The van der Waals surface area contributed by atoms with E-state index in [9.17, 15) is 0 Å². The molecule has 0 spiro atoms. The monoisotopic (exact) mass is 339 g/mol. The van der Waals surface area contributed by atoms with Crippen LogP contribution in [0.2, 0.25) is 0 Å². The fraction of sp³-hybridized carbons (Fsp3) is 0.429. The molecular formula is C21H29N3O. The first-order valence-corrected chi connectivity index (χ1v) is 9.18. The highest BCUT2D eigenvalue weighted by molar-refractivity contribution is 5.33. The summed E-state index contributed by atoms with van der Waals surface area (Å²) < 4.78 is 5.49. The van der Waals surface area contributed by atoms with Crippen LogP contribution in [-0.4, -0.2) is 37.7 Å². The van der Waals surface area contributed by atoms with Crippen LogP contribution in [0.25, 0.3) is 0 Å². The highest BCUT2D eigenvalue weighted by Crippen LogP contribution is 2.31. The zero-order chi connectivity index (χ0) is 17.5. The summed E-state index contributed by atoms with van der Waals surface area (Å²) >= 11 is 0. The summed E-state index contributed by atoms with van der Waals surface area (Å²) in [5, 5.41) is 3.79. The molecule has 1 aliphatic heterocycles. The molecule has 4 heteroatoms. The predicted octanol–water partition coefficient (Wildman–Crippen LogP) is 2.95. The van der Waals surface area contributed by atoms with E-state index in [2.05, 4.69) is 52.7 Å². The number of hydrogen-bond donors (Lipinski definition) is 2. The van der Waals surface area contributed by atoms with E-state index in [-0.39, 0.29) is 0 Å². The van der Waals surface area contributed by atoms with E-state index >= 15 is 0 Å². The molecule has 2 aromatic rings. The molecule has 0 aromatic heterocycles. The molecule has 25 heavy (non-hydrogen) atoms. The SMILES string of the molecule is COc1ccccc1CN[C@H]1CCCN(CCN)[C@H]1c1ccccc1. The minimum Gasteiger partial charge on any atom is -0.496 e. The van der Waals surface area contributed by atoms with Gasteiger partial charge in [0.25, 0.3) is 0 Å². The minimum absolute atomic E-state index is 0.369. The summed E-state index contributed by atoms with van der Waals surface area (Å²) in [7, 11) is 1.73. The lowest BCUT2D eigenvalue weighted by atomic mass is 9.90. The molecule has 3 N–H and O–H groups in total. The van der Waals surface area contributed by atoms with Crippen LogP contribution in [0.5, 0.6) is 5.75 Å². The Morgan fingerprint density at radius 3 is 2.64 bits per heavy atom. The van der Waals surface area contributed by atoms with Gasteiger partial charge in [0.15, 0.2) is 0 Å². The lowest BCUT2D eigenvalue weighted by molar-refractivity contribution is 0.114. The van der Waals surface area contributed by atoms with Gasteiger partial charge in [-0.1, -0.05) is 48.5 Å². The molecule has 0 amide bonds. The van der Waals surface area contributed by atoms with Crippen LogP contribution in [-0.2, 0) is 6.54 Å². The van der Waals surface area contributed by atoms with Gasteiger partial charge in [-0.2, -0.15) is 0 Å². The predicted molar refractivity (Wildman–Crippen MR) is 103 cm³/mol. The molecule has 0 unspecified atom stereocenters. The van der Waals surface area contributed by atoms with Gasteiger partial charge in [-0.15, -0.1) is 0 Å². The minimum atomic E-state index is 0.369. The van der Waals surface area contributed by atoms with Crippen LogP contribution in [0.3, 0.4) is 0 Å². The molecule has 0 radical (unpaired) electrons. The average molecular weight is 339 g/mol. The van der Waals surface area contributed by atoms with Gasteiger partial charge >= 0.3 is 0 Å². The van der Waals surface area contributed by atoms with Gasteiger partial charge in [-0.25, -0.2) is 0 Å². The van der Waals surface area contributed by atoms with Gasteiger partial charge < -0.3 is 15.8 Å². The highest BCUT2D eigenvalue weighted by Gasteiger charge is 2.31. The standard InChI is InChI=1S/C21H29N3O/c1-25-20-12-6-5-10-18(20)16-23-19-11-7-14-24(15-13-22)21(19)17-8-3-2-4-9-17/h2-6,8-10,12,19,21,23H,7,11,13-16,22H2,1H3/t19-,21-/m0/s1. The van der Waals surface area contributed by atoms with Crippen molar-refractivity contribution in [3.8, 4) is 5.75 Å². The number of benzene rings is 2. The van der Waals surface area contributed by atoms with Crippen LogP contribution in [0, 0.1) is 0 Å². The Balaban J connectivity index is 1.77. The number of para-hydroxylation sites is 1. The van der Waals surface area contributed by atoms with E-state index < -0.39 is 0 Å². The van der Waals surface area contributed by atoms with Crippen molar-refractivity contribution in [2.45, 2.75) is 31.5 Å². The third-order valence-corrected chi connectivity index (χ3v) is 5.04. The van der Waals surface area contributed by atoms with E-state index in [1.165, 1.54) is 24.0 Å². The van der Waals surface area contributed by atoms with Crippen LogP contribution < -0.4 is 15.8 Å². The first kappa shape index (κ1) is 17.9. The smallest absolute Gasteiger partial charge is 0.123 e. The Morgan fingerprint density at radius 1 is 1.12 bits per heavy atom. The Bertz CT molecular complexity index is 645. The van der Waals surface area contributed by atoms with Crippen molar-refractivity contribution < 1.29 is 4.74 Å². The van der Waals surface area contributed by atoms with E-state index in [0.717, 1.165) is 25.4 Å². The Kier molecular flexibility index (Phi) is 6.45. The van der Waals surface area contributed by atoms with Crippen LogP contribution >= 0.6 is 0 Å². The largest absolute Gasteiger partial charge is 0.496 e. The van der Waals surface area contributed by atoms with Gasteiger partial charge in [0.1, 0.15) is 5.75 Å². The number of ether oxygens (including phenoxy) is 1. The quantitative estimate of drug-likeness (QED) is 0.814. The molecule has 3 rings (SSSR count). The third kappa shape index (κ3) is 4.40. The van der Waals surface area contributed by atoms with Crippen molar-refractivity contribution in [1.82, 2.24) is 10.2 Å². The Labute approximate surface area is 151 Å². The second-order valence-corrected chi connectivity index (χ2v) is 6.62. The van der Waals surface area contributed by atoms with E-state index in [1.54, 1.807) is 7.11 Å². The Hall–Kier alpha value is -1.88. The number of likely N-dealkylation sites (tertiary alicyclic amines) is 1. The number of nitrogens with zero attached hydrogens (tertiary/aromatic N) is 1. The topological polar surface area (TPSA) is 50.5 Å². The van der Waals surface area contributed by atoms with Crippen molar-refractivity contribution in [3.05, 3.63) is 65.7 Å². The Morgan fingerprint density at radius 2 is 1.88 bits per heavy atom. The average Bonchev–Trinajstić information content (AvgIpc) is 2.67. The third-order valence-electron chi connectivity index (χ3n) is 5.04. The van der Waals surface area contributed by atoms with Gasteiger partial charge in [-0.3, -0.25) is 4.90 Å². The number of nitrogens with two attached hydrogens (primary N) is 1. The normalized spacial score (nSPS) is 21.2. The molecule has 1 saturated heterocycles. The van der Waals surface area contributed by atoms with Gasteiger partial charge in [0, 0.05) is 31.2 Å². The fourth-order valence-electron chi connectivity index (χ4n) is 3.88.